The van der Waals surface area contributed by atoms with Gasteiger partial charge in [-0.15, -0.1) is 0 Å². The lowest BCUT2D eigenvalue weighted by molar-refractivity contribution is 0.102. The molecule has 1 saturated heterocycles. The number of aromatic nitrogens is 1. The smallest absolute Gasteiger partial charge is 0.257 e. The number of amides is 1. The number of halogens is 1. The number of rotatable bonds is 4. The number of anilines is 1. The zero-order valence-corrected chi connectivity index (χ0v) is 16.8. The van der Waals surface area contributed by atoms with Crippen molar-refractivity contribution in [2.24, 2.45) is 11.8 Å². The second kappa shape index (κ2) is 7.96. The maximum atomic E-state index is 12.9. The van der Waals surface area contributed by atoms with Crippen molar-refractivity contribution in [2.45, 2.75) is 25.2 Å². The molecular weight excluding hydrogens is 386 g/mol. The van der Waals surface area contributed by atoms with E-state index in [4.69, 9.17) is 11.6 Å². The predicted octanol–water partition coefficient (Wildman–Crippen LogP) is 3.65. The molecule has 27 heavy (non-hydrogen) atoms. The van der Waals surface area contributed by atoms with Crippen molar-refractivity contribution in [1.82, 2.24) is 9.29 Å². The van der Waals surface area contributed by atoms with Gasteiger partial charge in [-0.2, -0.15) is 4.31 Å². The van der Waals surface area contributed by atoms with Gasteiger partial charge in [-0.05, 0) is 54.7 Å². The van der Waals surface area contributed by atoms with Gasteiger partial charge in [0.1, 0.15) is 5.15 Å². The van der Waals surface area contributed by atoms with Crippen LogP contribution in [0, 0.1) is 11.8 Å². The van der Waals surface area contributed by atoms with Crippen LogP contribution in [0.5, 0.6) is 0 Å². The molecule has 1 aliphatic rings. The number of hydrogen-bond acceptors (Lipinski definition) is 4. The zero-order valence-electron chi connectivity index (χ0n) is 15.2. The molecule has 1 N–H and O–H groups in total. The van der Waals surface area contributed by atoms with E-state index in [2.05, 4.69) is 24.1 Å². The maximum absolute atomic E-state index is 12.9. The molecule has 0 spiro atoms. The summed E-state index contributed by atoms with van der Waals surface area (Å²) in [5.74, 6) is 0.346. The van der Waals surface area contributed by atoms with Crippen LogP contribution in [0.4, 0.5) is 5.69 Å². The van der Waals surface area contributed by atoms with E-state index in [1.165, 1.54) is 24.4 Å². The van der Waals surface area contributed by atoms with Gasteiger partial charge in [-0.1, -0.05) is 25.4 Å². The molecule has 0 aliphatic carbocycles. The predicted molar refractivity (Wildman–Crippen MR) is 105 cm³/mol. The van der Waals surface area contributed by atoms with Crippen LogP contribution in [-0.2, 0) is 10.0 Å². The zero-order chi connectivity index (χ0) is 19.6. The van der Waals surface area contributed by atoms with Crippen molar-refractivity contribution in [2.75, 3.05) is 18.4 Å². The quantitative estimate of drug-likeness (QED) is 0.784. The molecule has 0 saturated carbocycles. The van der Waals surface area contributed by atoms with E-state index in [9.17, 15) is 13.2 Å². The molecule has 2 heterocycles. The number of carbonyl (C=O) groups excluding carboxylic acids is 1. The molecule has 1 fully saturated rings. The monoisotopic (exact) mass is 407 g/mol. The molecule has 1 aliphatic heterocycles. The average molecular weight is 408 g/mol. The van der Waals surface area contributed by atoms with Crippen LogP contribution < -0.4 is 5.32 Å². The molecule has 0 radical (unpaired) electrons. The Morgan fingerprint density at radius 3 is 2.30 bits per heavy atom. The van der Waals surface area contributed by atoms with Gasteiger partial charge >= 0.3 is 0 Å². The molecule has 0 bridgehead atoms. The van der Waals surface area contributed by atoms with Crippen molar-refractivity contribution >= 4 is 33.2 Å². The summed E-state index contributed by atoms with van der Waals surface area (Å²) >= 11 is 5.71. The second-order valence-electron chi connectivity index (χ2n) is 7.12. The Kier molecular flexibility index (Phi) is 5.83. The summed E-state index contributed by atoms with van der Waals surface area (Å²) in [6.45, 7) is 5.22. The first-order valence-corrected chi connectivity index (χ1v) is 10.6. The van der Waals surface area contributed by atoms with E-state index in [1.54, 1.807) is 22.5 Å². The van der Waals surface area contributed by atoms with Crippen LogP contribution >= 0.6 is 11.6 Å². The lowest BCUT2D eigenvalue weighted by Crippen LogP contribution is -2.42. The van der Waals surface area contributed by atoms with E-state index in [0.717, 1.165) is 6.42 Å². The maximum Gasteiger partial charge on any atom is 0.257 e. The Labute approximate surface area is 164 Å². The second-order valence-corrected chi connectivity index (χ2v) is 9.44. The SMILES string of the molecule is C[C@@H]1C[C@@H](C)CN(S(=O)(=O)c2ccc(NC(=O)c3ccc(Cl)nc3)cc2)C1. The fourth-order valence-corrected chi connectivity index (χ4v) is 5.17. The molecule has 2 atom stereocenters. The van der Waals surface area contributed by atoms with Gasteiger partial charge in [0.05, 0.1) is 10.5 Å². The first kappa shape index (κ1) is 19.8. The van der Waals surface area contributed by atoms with Crippen molar-refractivity contribution in [3.8, 4) is 0 Å². The van der Waals surface area contributed by atoms with Crippen LogP contribution in [0.3, 0.4) is 0 Å². The fourth-order valence-electron chi connectivity index (χ4n) is 3.37. The fraction of sp³-hybridized carbons (Fsp3) is 0.368. The normalized spacial score (nSPS) is 21.0. The third-order valence-corrected chi connectivity index (χ3v) is 6.64. The standard InChI is InChI=1S/C19H22ClN3O3S/c1-13-9-14(2)12-23(11-13)27(25,26)17-6-4-16(5-7-17)22-19(24)15-3-8-18(20)21-10-15/h3-8,10,13-14H,9,11-12H2,1-2H3,(H,22,24)/t13-,14-/m1/s1. The topological polar surface area (TPSA) is 79.4 Å². The number of nitrogens with zero attached hydrogens (tertiary/aromatic N) is 2. The number of carbonyl (C=O) groups is 1. The number of pyridine rings is 1. The molecule has 144 valence electrons. The van der Waals surface area contributed by atoms with Crippen molar-refractivity contribution in [1.29, 1.82) is 0 Å². The first-order chi connectivity index (χ1) is 12.8. The van der Waals surface area contributed by atoms with Crippen molar-refractivity contribution in [3.05, 3.63) is 53.3 Å². The van der Waals surface area contributed by atoms with Crippen molar-refractivity contribution < 1.29 is 13.2 Å². The molecule has 1 aromatic carbocycles. The molecule has 2 aromatic rings. The molecule has 1 aromatic heterocycles. The summed E-state index contributed by atoms with van der Waals surface area (Å²) in [7, 11) is -3.53. The van der Waals surface area contributed by atoms with Gasteiger partial charge in [-0.3, -0.25) is 4.79 Å². The van der Waals surface area contributed by atoms with E-state index >= 15 is 0 Å². The number of nitrogens with one attached hydrogen (secondary N) is 1. The highest BCUT2D eigenvalue weighted by Crippen LogP contribution is 2.27. The van der Waals surface area contributed by atoms with E-state index < -0.39 is 10.0 Å². The average Bonchev–Trinajstić information content (AvgIpc) is 2.62. The lowest BCUT2D eigenvalue weighted by Gasteiger charge is -2.34. The van der Waals surface area contributed by atoms with E-state index in [1.807, 2.05) is 0 Å². The van der Waals surface area contributed by atoms with Gasteiger partial charge in [0, 0.05) is 25.0 Å². The van der Waals surface area contributed by atoms with Gasteiger partial charge in [0.25, 0.3) is 5.91 Å². The number of piperidine rings is 1. The number of benzene rings is 1. The summed E-state index contributed by atoms with van der Waals surface area (Å²) in [6.07, 6.45) is 2.42. The summed E-state index contributed by atoms with van der Waals surface area (Å²) in [6, 6.07) is 9.33. The Hall–Kier alpha value is -1.96. The molecule has 8 heteroatoms. The van der Waals surface area contributed by atoms with Gasteiger partial charge in [0.15, 0.2) is 0 Å². The summed E-state index contributed by atoms with van der Waals surface area (Å²) < 4.78 is 27.3. The highest BCUT2D eigenvalue weighted by Gasteiger charge is 2.31. The molecule has 1 amide bonds. The van der Waals surface area contributed by atoms with Crippen LogP contribution in [0.25, 0.3) is 0 Å². The van der Waals surface area contributed by atoms with E-state index in [0.29, 0.717) is 41.3 Å². The summed E-state index contributed by atoms with van der Waals surface area (Å²) in [5.41, 5.74) is 0.877. The first-order valence-electron chi connectivity index (χ1n) is 8.79. The highest BCUT2D eigenvalue weighted by atomic mass is 35.5. The molecular formula is C19H22ClN3O3S. The summed E-state index contributed by atoms with van der Waals surface area (Å²) in [5, 5.41) is 3.03. The van der Waals surface area contributed by atoms with Gasteiger partial charge in [-0.25, -0.2) is 13.4 Å². The Morgan fingerprint density at radius 2 is 1.74 bits per heavy atom. The van der Waals surface area contributed by atoms with Crippen LogP contribution in [0.1, 0.15) is 30.6 Å². The Bertz CT molecular complexity index is 904. The minimum atomic E-state index is -3.53. The minimum absolute atomic E-state index is 0.231. The van der Waals surface area contributed by atoms with Crippen LogP contribution in [-0.4, -0.2) is 36.7 Å². The molecule has 0 unspecified atom stereocenters. The number of hydrogen-bond donors (Lipinski definition) is 1. The Morgan fingerprint density at radius 1 is 1.11 bits per heavy atom. The largest absolute Gasteiger partial charge is 0.322 e. The third-order valence-electron chi connectivity index (χ3n) is 4.57. The third kappa shape index (κ3) is 4.66. The Balaban J connectivity index is 1.72. The molecule has 6 nitrogen and oxygen atoms in total. The summed E-state index contributed by atoms with van der Waals surface area (Å²) in [4.78, 5) is 16.3. The van der Waals surface area contributed by atoms with Crippen LogP contribution in [0.2, 0.25) is 5.15 Å². The van der Waals surface area contributed by atoms with Crippen LogP contribution in [0.15, 0.2) is 47.5 Å². The lowest BCUT2D eigenvalue weighted by atomic mass is 9.94. The van der Waals surface area contributed by atoms with Gasteiger partial charge in [0.2, 0.25) is 10.0 Å². The minimum Gasteiger partial charge on any atom is -0.322 e. The van der Waals surface area contributed by atoms with Gasteiger partial charge < -0.3 is 5.32 Å². The highest BCUT2D eigenvalue weighted by molar-refractivity contribution is 7.89. The molecule has 3 rings (SSSR count). The van der Waals surface area contributed by atoms with Crippen molar-refractivity contribution in [3.63, 3.8) is 0 Å². The number of sulfonamides is 1. The van der Waals surface area contributed by atoms with E-state index in [-0.39, 0.29) is 10.8 Å².